The summed E-state index contributed by atoms with van der Waals surface area (Å²) in [4.78, 5) is 11.1. The average Bonchev–Trinajstić information content (AvgIpc) is 2.39. The highest BCUT2D eigenvalue weighted by molar-refractivity contribution is 5.46. The second-order valence-electron chi connectivity index (χ2n) is 5.60. The fourth-order valence-corrected chi connectivity index (χ4v) is 2.34. The smallest absolute Gasteiger partial charge is 0.135 e. The molecule has 0 atom stereocenters. The Morgan fingerprint density at radius 2 is 2.05 bits per heavy atom. The van der Waals surface area contributed by atoms with Gasteiger partial charge < -0.3 is 15.4 Å². The summed E-state index contributed by atoms with van der Waals surface area (Å²) in [5.41, 5.74) is 5.87. The van der Waals surface area contributed by atoms with Crippen LogP contribution in [0.2, 0.25) is 0 Å². The van der Waals surface area contributed by atoms with Crippen molar-refractivity contribution in [1.82, 2.24) is 9.97 Å². The summed E-state index contributed by atoms with van der Waals surface area (Å²) in [6.45, 7) is 6.91. The summed E-state index contributed by atoms with van der Waals surface area (Å²) in [7, 11) is 2.07. The van der Waals surface area contributed by atoms with Crippen LogP contribution in [0.15, 0.2) is 6.07 Å². The molecule has 2 rings (SSSR count). The number of ether oxygens (including phenoxy) is 1. The van der Waals surface area contributed by atoms with Crippen LogP contribution in [0.3, 0.4) is 0 Å². The molecular formula is C14H24N4O. The molecule has 0 saturated carbocycles. The lowest BCUT2D eigenvalue weighted by Crippen LogP contribution is -2.30. The molecule has 19 heavy (non-hydrogen) atoms. The van der Waals surface area contributed by atoms with Crippen LogP contribution < -0.4 is 10.6 Å². The molecule has 0 aromatic carbocycles. The summed E-state index contributed by atoms with van der Waals surface area (Å²) in [5, 5.41) is 0. The third-order valence-corrected chi connectivity index (χ3v) is 3.53. The topological polar surface area (TPSA) is 64.3 Å². The van der Waals surface area contributed by atoms with Gasteiger partial charge in [-0.1, -0.05) is 13.8 Å². The fraction of sp³-hybridized carbons (Fsp3) is 0.714. The number of aromatic nitrogens is 2. The van der Waals surface area contributed by atoms with Gasteiger partial charge in [-0.2, -0.15) is 0 Å². The molecule has 0 bridgehead atoms. The van der Waals surface area contributed by atoms with E-state index in [4.69, 9.17) is 10.5 Å². The SMILES string of the molecule is CC(C)c1nc(N)cc(N(C)CC2CCOCC2)n1. The zero-order chi connectivity index (χ0) is 13.8. The van der Waals surface area contributed by atoms with E-state index in [1.165, 1.54) is 0 Å². The Hall–Kier alpha value is -1.36. The number of nitrogen functional groups attached to an aromatic ring is 1. The van der Waals surface area contributed by atoms with Crippen molar-refractivity contribution in [1.29, 1.82) is 0 Å². The van der Waals surface area contributed by atoms with E-state index in [2.05, 4.69) is 35.8 Å². The zero-order valence-electron chi connectivity index (χ0n) is 12.1. The van der Waals surface area contributed by atoms with Crippen molar-refractivity contribution in [2.45, 2.75) is 32.6 Å². The largest absolute Gasteiger partial charge is 0.384 e. The minimum atomic E-state index is 0.290. The lowest BCUT2D eigenvalue weighted by atomic mass is 10.00. The number of hydrogen-bond donors (Lipinski definition) is 1. The van der Waals surface area contributed by atoms with Gasteiger partial charge in [0.25, 0.3) is 0 Å². The normalized spacial score (nSPS) is 16.8. The van der Waals surface area contributed by atoms with Crippen molar-refractivity contribution >= 4 is 11.6 Å². The van der Waals surface area contributed by atoms with Crippen molar-refractivity contribution in [3.63, 3.8) is 0 Å². The number of hydrogen-bond acceptors (Lipinski definition) is 5. The highest BCUT2D eigenvalue weighted by Crippen LogP contribution is 2.21. The third kappa shape index (κ3) is 3.80. The summed E-state index contributed by atoms with van der Waals surface area (Å²) in [5.74, 6) is 3.25. The van der Waals surface area contributed by atoms with Gasteiger partial charge in [-0.15, -0.1) is 0 Å². The van der Waals surface area contributed by atoms with Crippen LogP contribution in [0.1, 0.15) is 38.4 Å². The molecule has 0 radical (unpaired) electrons. The van der Waals surface area contributed by atoms with Gasteiger partial charge in [0.05, 0.1) is 0 Å². The fourth-order valence-electron chi connectivity index (χ4n) is 2.34. The molecule has 5 nitrogen and oxygen atoms in total. The van der Waals surface area contributed by atoms with Gasteiger partial charge in [-0.05, 0) is 18.8 Å². The van der Waals surface area contributed by atoms with Gasteiger partial charge in [-0.3, -0.25) is 0 Å². The Labute approximate surface area is 115 Å². The number of anilines is 2. The molecule has 1 aliphatic rings. The molecular weight excluding hydrogens is 240 g/mol. The van der Waals surface area contributed by atoms with Gasteiger partial charge in [0.1, 0.15) is 17.5 Å². The second kappa shape index (κ2) is 6.19. The molecule has 5 heteroatoms. The van der Waals surface area contributed by atoms with Crippen molar-refractivity contribution in [3.05, 3.63) is 11.9 Å². The first kappa shape index (κ1) is 14.1. The van der Waals surface area contributed by atoms with E-state index in [0.717, 1.165) is 44.2 Å². The summed E-state index contributed by atoms with van der Waals surface area (Å²) >= 11 is 0. The molecule has 2 heterocycles. The molecule has 1 aromatic heterocycles. The molecule has 1 aliphatic heterocycles. The van der Waals surface area contributed by atoms with Gasteiger partial charge in [0.2, 0.25) is 0 Å². The van der Waals surface area contributed by atoms with Crippen molar-refractivity contribution in [2.24, 2.45) is 5.92 Å². The molecule has 1 fully saturated rings. The van der Waals surface area contributed by atoms with Crippen LogP contribution in [-0.4, -0.2) is 36.8 Å². The maximum absolute atomic E-state index is 5.87. The van der Waals surface area contributed by atoms with Crippen LogP contribution in [0.5, 0.6) is 0 Å². The van der Waals surface area contributed by atoms with Gasteiger partial charge in [-0.25, -0.2) is 9.97 Å². The van der Waals surface area contributed by atoms with Gasteiger partial charge in [0.15, 0.2) is 0 Å². The summed E-state index contributed by atoms with van der Waals surface area (Å²) < 4.78 is 5.39. The Bertz CT molecular complexity index is 416. The number of nitrogens with zero attached hydrogens (tertiary/aromatic N) is 3. The first-order valence-electron chi connectivity index (χ1n) is 6.99. The molecule has 0 amide bonds. The Kier molecular flexibility index (Phi) is 4.58. The lowest BCUT2D eigenvalue weighted by molar-refractivity contribution is 0.0685. The van der Waals surface area contributed by atoms with E-state index in [-0.39, 0.29) is 0 Å². The summed E-state index contributed by atoms with van der Waals surface area (Å²) in [6, 6.07) is 1.85. The van der Waals surface area contributed by atoms with E-state index >= 15 is 0 Å². The highest BCUT2D eigenvalue weighted by atomic mass is 16.5. The predicted molar refractivity (Wildman–Crippen MR) is 77.3 cm³/mol. The van der Waals surface area contributed by atoms with Crippen LogP contribution >= 0.6 is 0 Å². The maximum Gasteiger partial charge on any atom is 0.135 e. The highest BCUT2D eigenvalue weighted by Gasteiger charge is 2.17. The zero-order valence-corrected chi connectivity index (χ0v) is 12.1. The molecule has 0 unspecified atom stereocenters. The van der Waals surface area contributed by atoms with Crippen LogP contribution in [0, 0.1) is 5.92 Å². The first-order chi connectivity index (χ1) is 9.06. The van der Waals surface area contributed by atoms with Crippen LogP contribution in [0.4, 0.5) is 11.6 Å². The van der Waals surface area contributed by atoms with Gasteiger partial charge >= 0.3 is 0 Å². The molecule has 106 valence electrons. The number of nitrogens with two attached hydrogens (primary N) is 1. The standard InChI is InChI=1S/C14H24N4O/c1-10(2)14-16-12(15)8-13(17-14)18(3)9-11-4-6-19-7-5-11/h8,10-11H,4-7,9H2,1-3H3,(H2,15,16,17). The average molecular weight is 264 g/mol. The Morgan fingerprint density at radius 1 is 1.37 bits per heavy atom. The third-order valence-electron chi connectivity index (χ3n) is 3.53. The second-order valence-corrected chi connectivity index (χ2v) is 5.60. The number of rotatable bonds is 4. The van der Waals surface area contributed by atoms with E-state index < -0.39 is 0 Å². The van der Waals surface area contributed by atoms with Crippen LogP contribution in [0.25, 0.3) is 0 Å². The van der Waals surface area contributed by atoms with E-state index in [1.807, 2.05) is 6.07 Å². The van der Waals surface area contributed by atoms with Crippen molar-refractivity contribution < 1.29 is 4.74 Å². The van der Waals surface area contributed by atoms with Crippen molar-refractivity contribution in [3.8, 4) is 0 Å². The minimum Gasteiger partial charge on any atom is -0.384 e. The van der Waals surface area contributed by atoms with E-state index in [0.29, 0.717) is 17.7 Å². The molecule has 2 N–H and O–H groups in total. The van der Waals surface area contributed by atoms with Crippen LogP contribution in [-0.2, 0) is 4.74 Å². The molecule has 0 aliphatic carbocycles. The maximum atomic E-state index is 5.87. The van der Waals surface area contributed by atoms with E-state index in [1.54, 1.807) is 0 Å². The molecule has 0 spiro atoms. The Morgan fingerprint density at radius 3 is 2.68 bits per heavy atom. The van der Waals surface area contributed by atoms with Crippen molar-refractivity contribution in [2.75, 3.05) is 37.4 Å². The first-order valence-corrected chi connectivity index (χ1v) is 6.99. The monoisotopic (exact) mass is 264 g/mol. The molecule has 1 saturated heterocycles. The minimum absolute atomic E-state index is 0.290. The predicted octanol–water partition coefficient (Wildman–Crippen LogP) is 2.04. The Balaban J connectivity index is 2.07. The lowest BCUT2D eigenvalue weighted by Gasteiger charge is -2.28. The molecule has 1 aromatic rings. The quantitative estimate of drug-likeness (QED) is 0.901. The van der Waals surface area contributed by atoms with Gasteiger partial charge in [0, 0.05) is 38.8 Å². The summed E-state index contributed by atoms with van der Waals surface area (Å²) in [6.07, 6.45) is 2.25. The van der Waals surface area contributed by atoms with E-state index in [9.17, 15) is 0 Å².